The minimum absolute atomic E-state index is 0.0294. The third-order valence-corrected chi connectivity index (χ3v) is 9.31. The normalized spacial score (nSPS) is 17.2. The van der Waals surface area contributed by atoms with Crippen molar-refractivity contribution in [3.8, 4) is 11.5 Å². The van der Waals surface area contributed by atoms with Crippen LogP contribution < -0.4 is 20.5 Å². The fourth-order valence-electron chi connectivity index (χ4n) is 5.95. The highest BCUT2D eigenvalue weighted by molar-refractivity contribution is 5.86. The summed E-state index contributed by atoms with van der Waals surface area (Å²) in [4.78, 5) is 29.6. The van der Waals surface area contributed by atoms with Crippen LogP contribution in [0.1, 0.15) is 79.7 Å². The van der Waals surface area contributed by atoms with Crippen molar-refractivity contribution in [2.75, 3.05) is 72.9 Å². The molecule has 0 unspecified atom stereocenters. The topological polar surface area (TPSA) is 162 Å². The van der Waals surface area contributed by atoms with E-state index in [1.54, 1.807) is 27.9 Å². The zero-order chi connectivity index (χ0) is 37.3. The average molecular weight is 710 g/mol. The minimum Gasteiger partial charge on any atom is -0.490 e. The van der Waals surface area contributed by atoms with Crippen molar-refractivity contribution >= 4 is 11.9 Å². The largest absolute Gasteiger partial charge is 0.490 e. The summed E-state index contributed by atoms with van der Waals surface area (Å²) >= 11 is 0. The molecule has 1 aliphatic heterocycles. The van der Waals surface area contributed by atoms with E-state index in [0.717, 1.165) is 18.7 Å². The van der Waals surface area contributed by atoms with E-state index in [1.165, 1.54) is 0 Å². The van der Waals surface area contributed by atoms with Gasteiger partial charge in [0, 0.05) is 65.8 Å². The molecule has 0 saturated carbocycles. The summed E-state index contributed by atoms with van der Waals surface area (Å²) < 4.78 is 28.4. The SMILES string of the molecule is COCCCOc1cc(C[C@H](C[C@H](C(=O)OC(C)(C)C)[C@H](O)C[C@@](N)(C(=O)NCCN2CCOCC2)C(C)C)C(C)C)ccc1OCCCO. The zero-order valence-electron chi connectivity index (χ0n) is 32.0. The molecule has 0 spiro atoms. The summed E-state index contributed by atoms with van der Waals surface area (Å²) in [6, 6.07) is 5.81. The number of aliphatic hydroxyl groups is 2. The highest BCUT2D eigenvalue weighted by Gasteiger charge is 2.44. The molecule has 2 rings (SSSR count). The molecule has 4 atom stereocenters. The molecule has 1 saturated heterocycles. The van der Waals surface area contributed by atoms with Gasteiger partial charge < -0.3 is 44.9 Å². The fraction of sp³-hybridized carbons (Fsp3) is 0.789. The van der Waals surface area contributed by atoms with Crippen LogP contribution in [0.4, 0.5) is 0 Å². The molecule has 1 heterocycles. The molecule has 0 aromatic heterocycles. The zero-order valence-corrected chi connectivity index (χ0v) is 32.0. The van der Waals surface area contributed by atoms with Gasteiger partial charge in [-0.25, -0.2) is 0 Å². The number of ether oxygens (including phenoxy) is 5. The molecule has 0 radical (unpaired) electrons. The van der Waals surface area contributed by atoms with Crippen LogP contribution in [0.5, 0.6) is 11.5 Å². The van der Waals surface area contributed by atoms with E-state index in [1.807, 2.05) is 32.0 Å². The molecule has 1 fully saturated rings. The van der Waals surface area contributed by atoms with Gasteiger partial charge in [-0.1, -0.05) is 33.8 Å². The van der Waals surface area contributed by atoms with Crippen molar-refractivity contribution < 1.29 is 43.5 Å². The minimum atomic E-state index is -1.40. The van der Waals surface area contributed by atoms with Crippen LogP contribution in [0.25, 0.3) is 0 Å². The molecule has 0 aliphatic carbocycles. The lowest BCUT2D eigenvalue weighted by atomic mass is 9.75. The lowest BCUT2D eigenvalue weighted by Crippen LogP contribution is -2.60. The van der Waals surface area contributed by atoms with Crippen molar-refractivity contribution in [3.63, 3.8) is 0 Å². The summed E-state index contributed by atoms with van der Waals surface area (Å²) in [5.41, 5.74) is 5.64. The van der Waals surface area contributed by atoms with E-state index in [-0.39, 0.29) is 36.7 Å². The van der Waals surface area contributed by atoms with Gasteiger partial charge in [-0.15, -0.1) is 0 Å². The van der Waals surface area contributed by atoms with Crippen LogP contribution in [0, 0.1) is 23.7 Å². The first kappa shape index (κ1) is 43.7. The third kappa shape index (κ3) is 15.0. The number of benzene rings is 1. The number of carbonyl (C=O) groups is 2. The average Bonchev–Trinajstić information content (AvgIpc) is 3.05. The lowest BCUT2D eigenvalue weighted by Gasteiger charge is -2.37. The Bertz CT molecular complexity index is 1140. The van der Waals surface area contributed by atoms with E-state index in [0.29, 0.717) is 83.3 Å². The number of aliphatic hydroxyl groups excluding tert-OH is 2. The first-order valence-electron chi connectivity index (χ1n) is 18.4. The number of methoxy groups -OCH3 is 1. The Morgan fingerprint density at radius 2 is 1.68 bits per heavy atom. The molecule has 12 nitrogen and oxygen atoms in total. The lowest BCUT2D eigenvalue weighted by molar-refractivity contribution is -0.166. The van der Waals surface area contributed by atoms with Gasteiger partial charge >= 0.3 is 5.97 Å². The van der Waals surface area contributed by atoms with Crippen molar-refractivity contribution in [1.29, 1.82) is 0 Å². The Hall–Kier alpha value is -2.48. The number of amides is 1. The van der Waals surface area contributed by atoms with E-state index in [9.17, 15) is 19.8 Å². The number of hydrogen-bond acceptors (Lipinski definition) is 11. The van der Waals surface area contributed by atoms with Gasteiger partial charge in [0.05, 0.1) is 38.4 Å². The highest BCUT2D eigenvalue weighted by atomic mass is 16.6. The second-order valence-corrected chi connectivity index (χ2v) is 15.2. The number of hydrogen-bond donors (Lipinski definition) is 4. The van der Waals surface area contributed by atoms with E-state index < -0.39 is 29.1 Å². The number of esters is 1. The molecule has 50 heavy (non-hydrogen) atoms. The number of nitrogens with zero attached hydrogens (tertiary/aromatic N) is 1. The predicted molar refractivity (Wildman–Crippen MR) is 194 cm³/mol. The Morgan fingerprint density at radius 1 is 1.02 bits per heavy atom. The number of nitrogens with one attached hydrogen (secondary N) is 1. The molecule has 1 aromatic carbocycles. The van der Waals surface area contributed by atoms with Gasteiger partial charge in [0.15, 0.2) is 11.5 Å². The molecule has 1 aromatic rings. The van der Waals surface area contributed by atoms with E-state index >= 15 is 0 Å². The maximum atomic E-state index is 13.8. The summed E-state index contributed by atoms with van der Waals surface area (Å²) in [5, 5.41) is 24.0. The first-order valence-corrected chi connectivity index (χ1v) is 18.4. The number of carbonyl (C=O) groups excluding carboxylic acids is 2. The summed E-state index contributed by atoms with van der Waals surface area (Å²) in [7, 11) is 1.65. The Balaban J connectivity index is 2.29. The first-order chi connectivity index (χ1) is 23.6. The predicted octanol–water partition coefficient (Wildman–Crippen LogP) is 3.58. The molecular formula is C38H67N3O9. The maximum absolute atomic E-state index is 13.8. The number of rotatable bonds is 23. The monoisotopic (exact) mass is 709 g/mol. The van der Waals surface area contributed by atoms with E-state index in [4.69, 9.17) is 29.4 Å². The van der Waals surface area contributed by atoms with Crippen LogP contribution in [-0.2, 0) is 30.2 Å². The molecule has 1 amide bonds. The van der Waals surface area contributed by atoms with Crippen molar-refractivity contribution in [1.82, 2.24) is 10.2 Å². The highest BCUT2D eigenvalue weighted by Crippen LogP contribution is 2.35. The molecule has 288 valence electrons. The van der Waals surface area contributed by atoms with Crippen LogP contribution in [0.15, 0.2) is 18.2 Å². The third-order valence-electron chi connectivity index (χ3n) is 9.31. The van der Waals surface area contributed by atoms with Gasteiger partial charge in [-0.2, -0.15) is 0 Å². The Labute approximate surface area is 300 Å². The molecular weight excluding hydrogens is 642 g/mol. The van der Waals surface area contributed by atoms with Crippen molar-refractivity contribution in [3.05, 3.63) is 23.8 Å². The number of nitrogens with two attached hydrogens (primary N) is 1. The van der Waals surface area contributed by atoms with Crippen LogP contribution >= 0.6 is 0 Å². The standard InChI is InChI=1S/C38H67N3O9/c1-27(2)30(23-29-11-12-33(48-19-9-17-42)34(24-29)49-20-10-18-46-8)25-31(35(44)50-37(5,6)7)32(43)26-38(39,28(3)4)36(45)40-13-14-41-15-21-47-22-16-41/h11-12,24,27-28,30-32,42-43H,9-10,13-23,25-26,39H2,1-8H3,(H,40,45)/t30-,31+,32-,38+/m1/s1. The van der Waals surface area contributed by atoms with Gasteiger partial charge in [0.1, 0.15) is 11.1 Å². The Kier molecular flexibility index (Phi) is 19.0. The maximum Gasteiger partial charge on any atom is 0.312 e. The number of morpholine rings is 1. The Morgan fingerprint density at radius 3 is 2.28 bits per heavy atom. The van der Waals surface area contributed by atoms with E-state index in [2.05, 4.69) is 24.1 Å². The van der Waals surface area contributed by atoms with Gasteiger partial charge in [0.25, 0.3) is 0 Å². The summed E-state index contributed by atoms with van der Waals surface area (Å²) in [5.74, 6) is -0.748. The smallest absolute Gasteiger partial charge is 0.312 e. The second kappa shape index (κ2) is 21.8. The quantitative estimate of drug-likeness (QED) is 0.0971. The summed E-state index contributed by atoms with van der Waals surface area (Å²) in [6.45, 7) is 18.8. The summed E-state index contributed by atoms with van der Waals surface area (Å²) in [6.07, 6.45) is 0.846. The van der Waals surface area contributed by atoms with Gasteiger partial charge in [-0.05, 0) is 69.1 Å². The van der Waals surface area contributed by atoms with Gasteiger partial charge in [-0.3, -0.25) is 14.5 Å². The van der Waals surface area contributed by atoms with Crippen LogP contribution in [-0.4, -0.2) is 117 Å². The molecule has 5 N–H and O–H groups in total. The second-order valence-electron chi connectivity index (χ2n) is 15.2. The molecule has 0 bridgehead atoms. The van der Waals surface area contributed by atoms with Crippen LogP contribution in [0.2, 0.25) is 0 Å². The molecule has 12 heteroatoms. The van der Waals surface area contributed by atoms with Crippen molar-refractivity contribution in [2.45, 2.75) is 97.8 Å². The van der Waals surface area contributed by atoms with Crippen LogP contribution in [0.3, 0.4) is 0 Å². The fourth-order valence-corrected chi connectivity index (χ4v) is 5.95. The van der Waals surface area contributed by atoms with Crippen molar-refractivity contribution in [2.24, 2.45) is 29.4 Å². The van der Waals surface area contributed by atoms with Gasteiger partial charge in [0.2, 0.25) is 5.91 Å². The molecule has 1 aliphatic rings.